The zero-order valence-electron chi connectivity index (χ0n) is 8.25. The lowest BCUT2D eigenvalue weighted by atomic mass is 9.94. The lowest BCUT2D eigenvalue weighted by Gasteiger charge is -2.10. The van der Waals surface area contributed by atoms with Crippen LogP contribution in [0.3, 0.4) is 0 Å². The maximum Gasteiger partial charge on any atom is 0.279 e. The van der Waals surface area contributed by atoms with Gasteiger partial charge in [0, 0.05) is 22.7 Å². The average molecular weight is 202 g/mol. The molecule has 0 amide bonds. The number of rotatable bonds is 3. The Morgan fingerprint density at radius 3 is 1.64 bits per heavy atom. The lowest BCUT2D eigenvalue weighted by Crippen LogP contribution is -2.34. The van der Waals surface area contributed by atoms with Gasteiger partial charge in [-0.15, -0.1) is 0 Å². The third kappa shape index (κ3) is 2.00. The molecule has 6 nitrogen and oxygen atoms in total. The van der Waals surface area contributed by atoms with E-state index in [9.17, 15) is 20.2 Å². The van der Waals surface area contributed by atoms with E-state index < -0.39 is 21.9 Å². The minimum atomic E-state index is -0.989. The average Bonchev–Trinajstić information content (AvgIpc) is 2.47. The summed E-state index contributed by atoms with van der Waals surface area (Å²) in [5.41, 5.74) is 0. The molecule has 14 heavy (non-hydrogen) atoms. The van der Waals surface area contributed by atoms with Crippen LogP contribution in [0.25, 0.3) is 0 Å². The van der Waals surface area contributed by atoms with E-state index in [1.54, 1.807) is 0 Å². The van der Waals surface area contributed by atoms with Gasteiger partial charge < -0.3 is 0 Å². The molecule has 1 aliphatic carbocycles. The molecule has 0 saturated heterocycles. The van der Waals surface area contributed by atoms with E-state index in [1.165, 1.54) is 0 Å². The second kappa shape index (κ2) is 3.89. The highest BCUT2D eigenvalue weighted by atomic mass is 16.6. The summed E-state index contributed by atoms with van der Waals surface area (Å²) in [5.74, 6) is 0.392. The highest BCUT2D eigenvalue weighted by Crippen LogP contribution is 2.34. The zero-order chi connectivity index (χ0) is 10.9. The molecule has 0 aromatic rings. The van der Waals surface area contributed by atoms with Crippen LogP contribution in [0.1, 0.15) is 26.7 Å². The first-order chi connectivity index (χ1) is 6.43. The molecular formula is C8H14N2O4. The monoisotopic (exact) mass is 202 g/mol. The van der Waals surface area contributed by atoms with Crippen LogP contribution in [0.2, 0.25) is 0 Å². The van der Waals surface area contributed by atoms with Gasteiger partial charge >= 0.3 is 0 Å². The third-order valence-electron chi connectivity index (χ3n) is 3.02. The Morgan fingerprint density at radius 1 is 1.07 bits per heavy atom. The van der Waals surface area contributed by atoms with Gasteiger partial charge in [0.1, 0.15) is 0 Å². The van der Waals surface area contributed by atoms with Gasteiger partial charge in [0.05, 0.1) is 0 Å². The second-order valence-corrected chi connectivity index (χ2v) is 4.18. The van der Waals surface area contributed by atoms with E-state index in [-0.39, 0.29) is 11.8 Å². The van der Waals surface area contributed by atoms with E-state index >= 15 is 0 Å². The molecule has 1 aliphatic rings. The Morgan fingerprint density at radius 2 is 1.43 bits per heavy atom. The van der Waals surface area contributed by atoms with Gasteiger partial charge in [-0.25, -0.2) is 0 Å². The minimum Gasteiger partial charge on any atom is -0.264 e. The second-order valence-electron chi connectivity index (χ2n) is 4.18. The van der Waals surface area contributed by atoms with Crippen LogP contribution in [0, 0.1) is 32.1 Å². The molecule has 0 aromatic carbocycles. The first-order valence-corrected chi connectivity index (χ1v) is 4.70. The van der Waals surface area contributed by atoms with Crippen LogP contribution < -0.4 is 0 Å². The van der Waals surface area contributed by atoms with Crippen LogP contribution in [-0.4, -0.2) is 21.9 Å². The molecule has 1 fully saturated rings. The maximum atomic E-state index is 10.6. The number of hydrogen-bond acceptors (Lipinski definition) is 4. The van der Waals surface area contributed by atoms with Crippen molar-refractivity contribution in [3.05, 3.63) is 20.2 Å². The van der Waals surface area contributed by atoms with Gasteiger partial charge in [-0.1, -0.05) is 13.8 Å². The molecule has 1 saturated carbocycles. The smallest absolute Gasteiger partial charge is 0.264 e. The molecule has 0 N–H and O–H groups in total. The van der Waals surface area contributed by atoms with Crippen molar-refractivity contribution in [1.29, 1.82) is 0 Å². The van der Waals surface area contributed by atoms with E-state index in [1.807, 2.05) is 13.8 Å². The summed E-state index contributed by atoms with van der Waals surface area (Å²) in [6.45, 7) is 3.90. The van der Waals surface area contributed by atoms with Crippen molar-refractivity contribution in [3.8, 4) is 0 Å². The highest BCUT2D eigenvalue weighted by molar-refractivity contribution is 4.85. The summed E-state index contributed by atoms with van der Waals surface area (Å²) >= 11 is 0. The van der Waals surface area contributed by atoms with Crippen LogP contribution in [-0.2, 0) is 0 Å². The van der Waals surface area contributed by atoms with Gasteiger partial charge in [-0.2, -0.15) is 0 Å². The largest absolute Gasteiger partial charge is 0.279 e. The molecule has 2 atom stereocenters. The van der Waals surface area contributed by atoms with Gasteiger partial charge in [-0.3, -0.25) is 20.2 Å². The fraction of sp³-hybridized carbons (Fsp3) is 1.00. The van der Waals surface area contributed by atoms with Crippen molar-refractivity contribution in [2.24, 2.45) is 11.8 Å². The first-order valence-electron chi connectivity index (χ1n) is 4.70. The number of hydrogen-bond donors (Lipinski definition) is 0. The Hall–Kier alpha value is -1.20. The van der Waals surface area contributed by atoms with Crippen molar-refractivity contribution in [2.45, 2.75) is 38.8 Å². The molecule has 1 rings (SSSR count). The molecule has 0 aromatic heterocycles. The molecule has 0 aliphatic heterocycles. The van der Waals surface area contributed by atoms with Gasteiger partial charge in [0.15, 0.2) is 0 Å². The topological polar surface area (TPSA) is 86.3 Å². The molecule has 0 radical (unpaired) electrons. The van der Waals surface area contributed by atoms with E-state index in [0.717, 1.165) is 0 Å². The Kier molecular flexibility index (Phi) is 3.03. The number of nitro groups is 2. The highest BCUT2D eigenvalue weighted by Gasteiger charge is 2.50. The molecule has 0 bridgehead atoms. The van der Waals surface area contributed by atoms with Crippen molar-refractivity contribution in [2.75, 3.05) is 0 Å². The Labute approximate surface area is 81.6 Å². The summed E-state index contributed by atoms with van der Waals surface area (Å²) in [6.07, 6.45) is 0.687. The van der Waals surface area contributed by atoms with Crippen molar-refractivity contribution in [1.82, 2.24) is 0 Å². The predicted molar refractivity (Wildman–Crippen MR) is 49.1 cm³/mol. The minimum absolute atomic E-state index is 0.112. The maximum absolute atomic E-state index is 10.6. The normalized spacial score (nSPS) is 32.1. The predicted octanol–water partition coefficient (Wildman–Crippen LogP) is 1.34. The summed E-state index contributed by atoms with van der Waals surface area (Å²) < 4.78 is 0. The van der Waals surface area contributed by atoms with Crippen LogP contribution in [0.5, 0.6) is 0 Å². The van der Waals surface area contributed by atoms with Gasteiger partial charge in [-0.05, 0) is 11.8 Å². The fourth-order valence-electron chi connectivity index (χ4n) is 2.03. The Bertz CT molecular complexity index is 232. The first kappa shape index (κ1) is 10.9. The molecule has 6 heteroatoms. The molecule has 80 valence electrons. The van der Waals surface area contributed by atoms with Crippen LogP contribution in [0.15, 0.2) is 0 Å². The summed E-state index contributed by atoms with van der Waals surface area (Å²) in [5, 5.41) is 21.2. The van der Waals surface area contributed by atoms with E-state index in [0.29, 0.717) is 12.8 Å². The van der Waals surface area contributed by atoms with Crippen molar-refractivity contribution < 1.29 is 9.85 Å². The van der Waals surface area contributed by atoms with Crippen LogP contribution >= 0.6 is 0 Å². The fourth-order valence-corrected chi connectivity index (χ4v) is 2.03. The lowest BCUT2D eigenvalue weighted by molar-refractivity contribution is -0.611. The van der Waals surface area contributed by atoms with Gasteiger partial charge in [0.25, 0.3) is 12.1 Å². The van der Waals surface area contributed by atoms with Crippen molar-refractivity contribution >= 4 is 0 Å². The summed E-state index contributed by atoms with van der Waals surface area (Å²) in [4.78, 5) is 20.2. The van der Waals surface area contributed by atoms with E-state index in [2.05, 4.69) is 0 Å². The quantitative estimate of drug-likeness (QED) is 0.510. The van der Waals surface area contributed by atoms with Gasteiger partial charge in [0.2, 0.25) is 0 Å². The molecule has 2 unspecified atom stereocenters. The van der Waals surface area contributed by atoms with Crippen LogP contribution in [0.4, 0.5) is 0 Å². The molecular weight excluding hydrogens is 188 g/mol. The summed E-state index contributed by atoms with van der Waals surface area (Å²) in [7, 11) is 0. The van der Waals surface area contributed by atoms with Crippen molar-refractivity contribution in [3.63, 3.8) is 0 Å². The van der Waals surface area contributed by atoms with E-state index in [4.69, 9.17) is 0 Å². The number of nitrogens with zero attached hydrogens (tertiary/aromatic N) is 2. The molecule has 0 heterocycles. The molecule has 0 spiro atoms. The zero-order valence-corrected chi connectivity index (χ0v) is 8.25. The standard InChI is InChI=1S/C8H14N2O4/c1-5(2)6-3-7(9(11)12)8(4-6)10(13)14/h5-8H,3-4H2,1-2H3. The Balaban J connectivity index is 2.75. The third-order valence-corrected chi connectivity index (χ3v) is 3.02. The SMILES string of the molecule is CC(C)C1CC([N+](=O)[O-])C([N+](=O)[O-])C1. The summed E-state index contributed by atoms with van der Waals surface area (Å²) in [6, 6.07) is -1.98.